The summed E-state index contributed by atoms with van der Waals surface area (Å²) in [5.74, 6) is -0.175. The highest BCUT2D eigenvalue weighted by atomic mass is 16.4. The topological polar surface area (TPSA) is 66.4 Å². The monoisotopic (exact) mass is 253 g/mol. The van der Waals surface area contributed by atoms with Crippen molar-refractivity contribution in [1.82, 2.24) is 5.32 Å². The van der Waals surface area contributed by atoms with Gasteiger partial charge in [-0.25, -0.2) is 0 Å². The molecule has 2 aliphatic rings. The van der Waals surface area contributed by atoms with Crippen LogP contribution in [-0.4, -0.2) is 23.5 Å². The first kappa shape index (κ1) is 13.4. The highest BCUT2D eigenvalue weighted by Crippen LogP contribution is 2.51. The minimum atomic E-state index is -0.714. The molecule has 0 bridgehead atoms. The quantitative estimate of drug-likeness (QED) is 0.805. The lowest BCUT2D eigenvalue weighted by molar-refractivity contribution is -0.144. The number of amides is 1. The van der Waals surface area contributed by atoms with Crippen LogP contribution >= 0.6 is 0 Å². The molecule has 0 spiro atoms. The van der Waals surface area contributed by atoms with E-state index in [0.29, 0.717) is 24.2 Å². The van der Waals surface area contributed by atoms with Gasteiger partial charge in [0.25, 0.3) is 0 Å². The summed E-state index contributed by atoms with van der Waals surface area (Å²) in [7, 11) is 0. The Morgan fingerprint density at radius 2 is 1.67 bits per heavy atom. The van der Waals surface area contributed by atoms with Gasteiger partial charge in [-0.1, -0.05) is 13.8 Å². The Balaban J connectivity index is 1.69. The van der Waals surface area contributed by atoms with E-state index >= 15 is 0 Å². The molecule has 2 saturated carbocycles. The van der Waals surface area contributed by atoms with E-state index < -0.39 is 5.97 Å². The second kappa shape index (κ2) is 4.90. The molecule has 1 unspecified atom stereocenters. The van der Waals surface area contributed by atoms with Crippen molar-refractivity contribution in [3.63, 3.8) is 0 Å². The fraction of sp³-hybridized carbons (Fsp3) is 0.857. The van der Waals surface area contributed by atoms with Crippen LogP contribution in [0.3, 0.4) is 0 Å². The summed E-state index contributed by atoms with van der Waals surface area (Å²) in [6.07, 6.45) is 3.91. The molecule has 102 valence electrons. The van der Waals surface area contributed by atoms with Gasteiger partial charge in [-0.05, 0) is 43.4 Å². The molecule has 2 N–H and O–H groups in total. The minimum absolute atomic E-state index is 0.0301. The van der Waals surface area contributed by atoms with Crippen molar-refractivity contribution in [2.75, 3.05) is 6.54 Å². The van der Waals surface area contributed by atoms with Crippen molar-refractivity contribution in [3.8, 4) is 0 Å². The molecule has 1 amide bonds. The van der Waals surface area contributed by atoms with E-state index in [2.05, 4.69) is 19.2 Å². The van der Waals surface area contributed by atoms with Gasteiger partial charge in [0.2, 0.25) is 5.91 Å². The molecule has 0 aromatic heterocycles. The van der Waals surface area contributed by atoms with Crippen LogP contribution in [0.5, 0.6) is 0 Å². The highest BCUT2D eigenvalue weighted by molar-refractivity contribution is 5.79. The Morgan fingerprint density at radius 1 is 1.17 bits per heavy atom. The average Bonchev–Trinajstić information content (AvgIpc) is 2.94. The van der Waals surface area contributed by atoms with E-state index in [4.69, 9.17) is 5.11 Å². The fourth-order valence-electron chi connectivity index (χ4n) is 2.90. The van der Waals surface area contributed by atoms with Gasteiger partial charge in [0, 0.05) is 12.5 Å². The Bertz CT molecular complexity index is 343. The van der Waals surface area contributed by atoms with Crippen LogP contribution in [0.2, 0.25) is 0 Å². The maximum absolute atomic E-state index is 12.0. The van der Waals surface area contributed by atoms with E-state index in [1.165, 1.54) is 6.42 Å². The molecule has 18 heavy (non-hydrogen) atoms. The molecule has 1 atom stereocenters. The van der Waals surface area contributed by atoms with Gasteiger partial charge in [-0.3, -0.25) is 9.59 Å². The molecule has 0 saturated heterocycles. The first-order valence-electron chi connectivity index (χ1n) is 6.90. The zero-order valence-corrected chi connectivity index (χ0v) is 11.2. The third kappa shape index (κ3) is 3.03. The van der Waals surface area contributed by atoms with Gasteiger partial charge in [-0.15, -0.1) is 0 Å². The summed E-state index contributed by atoms with van der Waals surface area (Å²) in [6, 6.07) is 0. The molecule has 2 rings (SSSR count). The molecule has 2 fully saturated rings. The zero-order valence-electron chi connectivity index (χ0n) is 11.2. The predicted octanol–water partition coefficient (Wildman–Crippen LogP) is 2.04. The number of aliphatic carboxylic acids is 1. The lowest BCUT2D eigenvalue weighted by Crippen LogP contribution is -2.35. The van der Waals surface area contributed by atoms with Crippen molar-refractivity contribution in [3.05, 3.63) is 0 Å². The van der Waals surface area contributed by atoms with Crippen molar-refractivity contribution in [2.24, 2.45) is 23.2 Å². The van der Waals surface area contributed by atoms with Gasteiger partial charge in [-0.2, -0.15) is 0 Å². The average molecular weight is 253 g/mol. The summed E-state index contributed by atoms with van der Waals surface area (Å²) in [4.78, 5) is 22.8. The van der Waals surface area contributed by atoms with Gasteiger partial charge in [0.15, 0.2) is 0 Å². The third-order valence-corrected chi connectivity index (χ3v) is 4.69. The van der Waals surface area contributed by atoms with Crippen molar-refractivity contribution in [1.29, 1.82) is 0 Å². The first-order valence-corrected chi connectivity index (χ1v) is 6.90. The molecule has 0 radical (unpaired) electrons. The van der Waals surface area contributed by atoms with Crippen LogP contribution < -0.4 is 5.32 Å². The maximum Gasteiger partial charge on any atom is 0.306 e. The molecule has 2 aliphatic carbocycles. The Morgan fingerprint density at radius 3 is 2.11 bits per heavy atom. The van der Waals surface area contributed by atoms with Crippen LogP contribution in [0.15, 0.2) is 0 Å². The van der Waals surface area contributed by atoms with Crippen LogP contribution in [0.25, 0.3) is 0 Å². The number of nitrogens with one attached hydrogen (secondary N) is 1. The summed E-state index contributed by atoms with van der Waals surface area (Å²) < 4.78 is 0. The molecule has 0 aromatic rings. The fourth-order valence-corrected chi connectivity index (χ4v) is 2.90. The molecule has 0 aliphatic heterocycles. The molecule has 4 heteroatoms. The van der Waals surface area contributed by atoms with Crippen LogP contribution in [-0.2, 0) is 9.59 Å². The van der Waals surface area contributed by atoms with Gasteiger partial charge < -0.3 is 10.4 Å². The van der Waals surface area contributed by atoms with Crippen LogP contribution in [0, 0.1) is 23.2 Å². The Kier molecular flexibility index (Phi) is 3.64. The number of carbonyl (C=O) groups is 2. The van der Waals surface area contributed by atoms with E-state index in [-0.39, 0.29) is 17.7 Å². The second-order valence-corrected chi connectivity index (χ2v) is 6.52. The predicted molar refractivity (Wildman–Crippen MR) is 68.0 cm³/mol. The van der Waals surface area contributed by atoms with Crippen molar-refractivity contribution in [2.45, 2.75) is 46.0 Å². The molecule has 4 nitrogen and oxygen atoms in total. The number of rotatable bonds is 4. The summed E-state index contributed by atoms with van der Waals surface area (Å²) in [6.45, 7) is 5.23. The SMILES string of the molecule is CC1(C)CC1CNC(=O)C1CCC(C(=O)O)CC1. The minimum Gasteiger partial charge on any atom is -0.481 e. The molecular weight excluding hydrogens is 230 g/mol. The lowest BCUT2D eigenvalue weighted by atomic mass is 9.81. The van der Waals surface area contributed by atoms with Gasteiger partial charge in [0.1, 0.15) is 0 Å². The number of hydrogen-bond acceptors (Lipinski definition) is 2. The molecule has 0 aromatic carbocycles. The Hall–Kier alpha value is -1.06. The standard InChI is InChI=1S/C14H23NO3/c1-14(2)7-11(14)8-15-12(16)9-3-5-10(6-4-9)13(17)18/h9-11H,3-8H2,1-2H3,(H,15,16)(H,17,18). The van der Waals surface area contributed by atoms with Crippen molar-refractivity contribution < 1.29 is 14.7 Å². The normalized spacial score (nSPS) is 33.8. The first-order chi connectivity index (χ1) is 8.40. The van der Waals surface area contributed by atoms with E-state index in [9.17, 15) is 9.59 Å². The number of carboxylic acid groups (broad SMARTS) is 1. The highest BCUT2D eigenvalue weighted by Gasteiger charge is 2.45. The van der Waals surface area contributed by atoms with E-state index in [1.807, 2.05) is 0 Å². The Labute approximate surface area is 108 Å². The van der Waals surface area contributed by atoms with Crippen LogP contribution in [0.4, 0.5) is 0 Å². The molecule has 0 heterocycles. The van der Waals surface area contributed by atoms with E-state index in [1.54, 1.807) is 0 Å². The summed E-state index contributed by atoms with van der Waals surface area (Å²) in [5.41, 5.74) is 0.397. The number of carboxylic acids is 1. The second-order valence-electron chi connectivity index (χ2n) is 6.52. The van der Waals surface area contributed by atoms with Gasteiger partial charge >= 0.3 is 5.97 Å². The van der Waals surface area contributed by atoms with Crippen LogP contribution in [0.1, 0.15) is 46.0 Å². The van der Waals surface area contributed by atoms with Crippen molar-refractivity contribution >= 4 is 11.9 Å². The maximum atomic E-state index is 12.0. The smallest absolute Gasteiger partial charge is 0.306 e. The zero-order chi connectivity index (χ0) is 13.3. The van der Waals surface area contributed by atoms with E-state index in [0.717, 1.165) is 19.4 Å². The largest absolute Gasteiger partial charge is 0.481 e. The number of carbonyl (C=O) groups excluding carboxylic acids is 1. The van der Waals surface area contributed by atoms with Gasteiger partial charge in [0.05, 0.1) is 5.92 Å². The molecular formula is C14H23NO3. The lowest BCUT2D eigenvalue weighted by Gasteiger charge is -2.25. The summed E-state index contributed by atoms with van der Waals surface area (Å²) >= 11 is 0. The third-order valence-electron chi connectivity index (χ3n) is 4.69. The number of hydrogen-bond donors (Lipinski definition) is 2. The summed E-state index contributed by atoms with van der Waals surface area (Å²) in [5, 5.41) is 11.9.